The second-order valence-corrected chi connectivity index (χ2v) is 5.65. The molecular formula is C15H20N2OS. The van der Waals surface area contributed by atoms with E-state index in [1.165, 1.54) is 15.4 Å². The third kappa shape index (κ3) is 3.78. The van der Waals surface area contributed by atoms with Crippen molar-refractivity contribution in [2.75, 3.05) is 7.11 Å². The molecule has 3 nitrogen and oxygen atoms in total. The maximum absolute atomic E-state index is 5.25. The summed E-state index contributed by atoms with van der Waals surface area (Å²) < 4.78 is 5.25. The van der Waals surface area contributed by atoms with Crippen molar-refractivity contribution in [3.05, 3.63) is 45.9 Å². The molecule has 1 atom stereocenters. The van der Waals surface area contributed by atoms with E-state index in [9.17, 15) is 0 Å². The second kappa shape index (κ2) is 6.68. The van der Waals surface area contributed by atoms with Crippen molar-refractivity contribution in [2.24, 2.45) is 0 Å². The quantitative estimate of drug-likeness (QED) is 0.876. The summed E-state index contributed by atoms with van der Waals surface area (Å²) in [6.45, 7) is 5.15. The fourth-order valence-electron chi connectivity index (χ4n) is 1.88. The van der Waals surface area contributed by atoms with Crippen LogP contribution in [0.5, 0.6) is 5.75 Å². The van der Waals surface area contributed by atoms with Gasteiger partial charge in [-0.3, -0.25) is 0 Å². The van der Waals surface area contributed by atoms with E-state index in [-0.39, 0.29) is 0 Å². The number of methoxy groups -OCH3 is 1. The minimum absolute atomic E-state index is 0.294. The van der Waals surface area contributed by atoms with Crippen molar-refractivity contribution >= 4 is 11.3 Å². The lowest BCUT2D eigenvalue weighted by Gasteiger charge is -2.14. The standard InChI is InChI=1S/C15H20N2OS/c1-4-15-17-10-14(19-15)9-16-11(2)12-6-5-7-13(8-12)18-3/h5-8,10-11,16H,4,9H2,1-3H3/t11-/m0/s1. The molecular weight excluding hydrogens is 256 g/mol. The SMILES string of the molecule is CCc1ncc(CN[C@@H](C)c2cccc(OC)c2)s1. The average Bonchev–Trinajstić information content (AvgIpc) is 2.93. The highest BCUT2D eigenvalue weighted by Gasteiger charge is 2.07. The summed E-state index contributed by atoms with van der Waals surface area (Å²) in [5.41, 5.74) is 1.24. The molecule has 0 aliphatic heterocycles. The molecule has 0 bridgehead atoms. The van der Waals surface area contributed by atoms with E-state index < -0.39 is 0 Å². The smallest absolute Gasteiger partial charge is 0.119 e. The number of hydrogen-bond acceptors (Lipinski definition) is 4. The molecule has 0 spiro atoms. The highest BCUT2D eigenvalue weighted by atomic mass is 32.1. The molecule has 0 unspecified atom stereocenters. The molecule has 0 fully saturated rings. The first-order valence-electron chi connectivity index (χ1n) is 6.53. The van der Waals surface area contributed by atoms with Gasteiger partial charge in [-0.2, -0.15) is 0 Å². The topological polar surface area (TPSA) is 34.2 Å². The van der Waals surface area contributed by atoms with Gasteiger partial charge >= 0.3 is 0 Å². The van der Waals surface area contributed by atoms with Crippen LogP contribution >= 0.6 is 11.3 Å². The Morgan fingerprint density at radius 3 is 2.95 bits per heavy atom. The van der Waals surface area contributed by atoms with Gasteiger partial charge in [-0.1, -0.05) is 19.1 Å². The number of aromatic nitrogens is 1. The zero-order chi connectivity index (χ0) is 13.7. The highest BCUT2D eigenvalue weighted by molar-refractivity contribution is 7.11. The Morgan fingerprint density at radius 1 is 1.42 bits per heavy atom. The third-order valence-corrected chi connectivity index (χ3v) is 4.22. The van der Waals surface area contributed by atoms with Crippen LogP contribution in [0.2, 0.25) is 0 Å². The Bertz CT molecular complexity index is 524. The highest BCUT2D eigenvalue weighted by Crippen LogP contribution is 2.20. The molecule has 19 heavy (non-hydrogen) atoms. The van der Waals surface area contributed by atoms with Crippen LogP contribution in [0.1, 0.15) is 35.3 Å². The van der Waals surface area contributed by atoms with E-state index in [1.807, 2.05) is 18.3 Å². The number of aryl methyl sites for hydroxylation is 1. The monoisotopic (exact) mass is 276 g/mol. The van der Waals surface area contributed by atoms with Gasteiger partial charge in [-0.05, 0) is 31.0 Å². The van der Waals surface area contributed by atoms with Crippen LogP contribution < -0.4 is 10.1 Å². The van der Waals surface area contributed by atoms with Gasteiger partial charge in [0, 0.05) is 23.7 Å². The van der Waals surface area contributed by atoms with Crippen LogP contribution in [0, 0.1) is 0 Å². The molecule has 1 N–H and O–H groups in total. The lowest BCUT2D eigenvalue weighted by atomic mass is 10.1. The normalized spacial score (nSPS) is 12.4. The first kappa shape index (κ1) is 14.0. The fourth-order valence-corrected chi connectivity index (χ4v) is 2.69. The van der Waals surface area contributed by atoms with Crippen LogP contribution in [-0.2, 0) is 13.0 Å². The van der Waals surface area contributed by atoms with Gasteiger partial charge in [0.1, 0.15) is 5.75 Å². The zero-order valence-electron chi connectivity index (χ0n) is 11.6. The summed E-state index contributed by atoms with van der Waals surface area (Å²) in [5, 5.41) is 4.72. The van der Waals surface area contributed by atoms with Crippen molar-refractivity contribution in [1.29, 1.82) is 0 Å². The first-order valence-corrected chi connectivity index (χ1v) is 7.35. The van der Waals surface area contributed by atoms with E-state index in [1.54, 1.807) is 18.4 Å². The van der Waals surface area contributed by atoms with E-state index in [2.05, 4.69) is 36.3 Å². The molecule has 0 radical (unpaired) electrons. The molecule has 4 heteroatoms. The molecule has 0 saturated carbocycles. The van der Waals surface area contributed by atoms with E-state index in [4.69, 9.17) is 4.74 Å². The van der Waals surface area contributed by atoms with Gasteiger partial charge in [-0.15, -0.1) is 11.3 Å². The average molecular weight is 276 g/mol. The van der Waals surface area contributed by atoms with Crippen LogP contribution in [-0.4, -0.2) is 12.1 Å². The number of benzene rings is 1. The van der Waals surface area contributed by atoms with E-state index >= 15 is 0 Å². The van der Waals surface area contributed by atoms with Gasteiger partial charge in [0.25, 0.3) is 0 Å². The fraction of sp³-hybridized carbons (Fsp3) is 0.400. The maximum Gasteiger partial charge on any atom is 0.119 e. The largest absolute Gasteiger partial charge is 0.497 e. The number of hydrogen-bond donors (Lipinski definition) is 1. The van der Waals surface area contributed by atoms with E-state index in [0.29, 0.717) is 6.04 Å². The van der Waals surface area contributed by atoms with Crippen molar-refractivity contribution in [3.8, 4) is 5.75 Å². The van der Waals surface area contributed by atoms with Crippen LogP contribution in [0.25, 0.3) is 0 Å². The minimum Gasteiger partial charge on any atom is -0.497 e. The molecule has 0 amide bonds. The van der Waals surface area contributed by atoms with Crippen molar-refractivity contribution < 1.29 is 4.74 Å². The Morgan fingerprint density at radius 2 is 2.26 bits per heavy atom. The number of thiazole rings is 1. The van der Waals surface area contributed by atoms with Gasteiger partial charge in [-0.25, -0.2) is 4.98 Å². The summed E-state index contributed by atoms with van der Waals surface area (Å²) in [4.78, 5) is 5.66. The predicted molar refractivity (Wildman–Crippen MR) is 79.7 cm³/mol. The summed E-state index contributed by atoms with van der Waals surface area (Å²) in [7, 11) is 1.70. The number of nitrogens with zero attached hydrogens (tertiary/aromatic N) is 1. The summed E-state index contributed by atoms with van der Waals surface area (Å²) in [6, 6.07) is 8.47. The maximum atomic E-state index is 5.25. The number of ether oxygens (including phenoxy) is 1. The summed E-state index contributed by atoms with van der Waals surface area (Å²) >= 11 is 1.78. The Balaban J connectivity index is 1.94. The Kier molecular flexibility index (Phi) is 4.93. The molecule has 0 aliphatic carbocycles. The molecule has 2 aromatic rings. The molecule has 1 aromatic carbocycles. The van der Waals surface area contributed by atoms with Gasteiger partial charge < -0.3 is 10.1 Å². The van der Waals surface area contributed by atoms with Crippen molar-refractivity contribution in [1.82, 2.24) is 10.3 Å². The molecule has 102 valence electrons. The molecule has 0 aliphatic rings. The summed E-state index contributed by atoms with van der Waals surface area (Å²) in [6.07, 6.45) is 2.98. The minimum atomic E-state index is 0.294. The second-order valence-electron chi connectivity index (χ2n) is 4.45. The third-order valence-electron chi connectivity index (χ3n) is 3.08. The van der Waals surface area contributed by atoms with E-state index in [0.717, 1.165) is 18.7 Å². The lowest BCUT2D eigenvalue weighted by Crippen LogP contribution is -2.17. The Labute approximate surface area is 118 Å². The van der Waals surface area contributed by atoms with Gasteiger partial charge in [0.2, 0.25) is 0 Å². The summed E-state index contributed by atoms with van der Waals surface area (Å²) in [5.74, 6) is 0.900. The van der Waals surface area contributed by atoms with Gasteiger partial charge in [0.15, 0.2) is 0 Å². The van der Waals surface area contributed by atoms with Gasteiger partial charge in [0.05, 0.1) is 12.1 Å². The zero-order valence-corrected chi connectivity index (χ0v) is 12.5. The van der Waals surface area contributed by atoms with Crippen molar-refractivity contribution in [2.45, 2.75) is 32.9 Å². The Hall–Kier alpha value is -1.39. The van der Waals surface area contributed by atoms with Crippen molar-refractivity contribution in [3.63, 3.8) is 0 Å². The molecule has 1 heterocycles. The number of rotatable bonds is 6. The van der Waals surface area contributed by atoms with Crippen LogP contribution in [0.3, 0.4) is 0 Å². The first-order chi connectivity index (χ1) is 9.22. The predicted octanol–water partition coefficient (Wildman–Crippen LogP) is 3.56. The molecule has 1 aromatic heterocycles. The molecule has 0 saturated heterocycles. The lowest BCUT2D eigenvalue weighted by molar-refractivity contribution is 0.413. The number of nitrogens with one attached hydrogen (secondary N) is 1. The van der Waals surface area contributed by atoms with Crippen LogP contribution in [0.4, 0.5) is 0 Å². The molecule has 2 rings (SSSR count). The van der Waals surface area contributed by atoms with Crippen LogP contribution in [0.15, 0.2) is 30.5 Å².